The van der Waals surface area contributed by atoms with E-state index in [2.05, 4.69) is 17.6 Å². The lowest BCUT2D eigenvalue weighted by molar-refractivity contribution is -0.194. The molecule has 0 bridgehead atoms. The molecule has 1 aliphatic carbocycles. The zero-order valence-electron chi connectivity index (χ0n) is 23.8. The number of unbranched alkanes of at least 4 members (excludes halogenated alkanes) is 2. The number of hydrogen-bond donors (Lipinski definition) is 3. The molecule has 8 heteroatoms. The normalized spacial score (nSPS) is 19.9. The molecule has 1 aromatic rings. The van der Waals surface area contributed by atoms with Gasteiger partial charge in [-0.3, -0.25) is 9.59 Å². The lowest BCUT2D eigenvalue weighted by Gasteiger charge is -2.53. The third kappa shape index (κ3) is 7.20. The van der Waals surface area contributed by atoms with E-state index in [0.29, 0.717) is 12.2 Å². The van der Waals surface area contributed by atoms with Gasteiger partial charge in [-0.15, -0.1) is 0 Å². The molecule has 3 rings (SSSR count). The first kappa shape index (κ1) is 30.2. The first-order chi connectivity index (χ1) is 18.3. The minimum absolute atomic E-state index is 0.103. The van der Waals surface area contributed by atoms with E-state index in [9.17, 15) is 14.7 Å². The second-order valence-corrected chi connectivity index (χ2v) is 11.2. The van der Waals surface area contributed by atoms with Crippen LogP contribution in [0.2, 0.25) is 0 Å². The Morgan fingerprint density at radius 1 is 1.11 bits per heavy atom. The summed E-state index contributed by atoms with van der Waals surface area (Å²) < 4.78 is 18.1. The largest absolute Gasteiger partial charge is 0.504 e. The Balaban J connectivity index is 2.12. The summed E-state index contributed by atoms with van der Waals surface area (Å²) in [6, 6.07) is 5.49. The van der Waals surface area contributed by atoms with Gasteiger partial charge in [-0.2, -0.15) is 0 Å². The van der Waals surface area contributed by atoms with Crippen LogP contribution >= 0.6 is 0 Å². The smallest absolute Gasteiger partial charge is 0.320 e. The Morgan fingerprint density at radius 3 is 2.42 bits per heavy atom. The minimum atomic E-state index is -0.443. The predicted octanol–water partition coefficient (Wildman–Crippen LogP) is 4.52. The van der Waals surface area contributed by atoms with Crippen molar-refractivity contribution in [1.82, 2.24) is 10.6 Å². The molecule has 38 heavy (non-hydrogen) atoms. The number of benzene rings is 1. The highest BCUT2D eigenvalue weighted by Crippen LogP contribution is 2.56. The number of hydrogen-bond acceptors (Lipinski definition) is 8. The number of piperidine rings is 1. The van der Waals surface area contributed by atoms with E-state index in [-0.39, 0.29) is 35.8 Å². The van der Waals surface area contributed by atoms with Crippen LogP contribution in [0.5, 0.6) is 11.5 Å². The molecule has 1 saturated carbocycles. The number of carbonyl (C=O) groups is 2. The zero-order valence-corrected chi connectivity index (χ0v) is 23.8. The predicted molar refractivity (Wildman–Crippen MR) is 147 cm³/mol. The second-order valence-electron chi connectivity index (χ2n) is 11.2. The number of rotatable bonds is 14. The number of phenolic OH excluding ortho intramolecular Hbond substituents is 1. The van der Waals surface area contributed by atoms with Crippen molar-refractivity contribution in [2.75, 3.05) is 33.8 Å². The standard InChI is InChI=1S/C30H48N2O6/c1-5-6-7-10-26(37-22(2)33)30(13-8-9-14-30)28(38-27(35)21-31-3)29(15-17-32-18-16-29)20-23-11-12-24(34)25(19-23)36-4/h11-12,19,26,28,31-32,34H,5-10,13-18,20-21H2,1-4H3. The minimum Gasteiger partial charge on any atom is -0.504 e. The summed E-state index contributed by atoms with van der Waals surface area (Å²) >= 11 is 0. The van der Waals surface area contributed by atoms with E-state index < -0.39 is 11.5 Å². The van der Waals surface area contributed by atoms with Crippen molar-refractivity contribution in [3.8, 4) is 11.5 Å². The van der Waals surface area contributed by atoms with Crippen LogP contribution < -0.4 is 15.4 Å². The number of phenols is 1. The Hall–Kier alpha value is -2.32. The molecule has 0 radical (unpaired) electrons. The average Bonchev–Trinajstić information content (AvgIpc) is 3.39. The van der Waals surface area contributed by atoms with Crippen LogP contribution in [0.1, 0.15) is 83.6 Å². The SMILES string of the molecule is CCCCCC(OC(C)=O)C1(C(OC(=O)CNC)C2(Cc3ccc(O)c(OC)c3)CCNCC2)CCCC1. The van der Waals surface area contributed by atoms with Gasteiger partial charge in [0.1, 0.15) is 12.2 Å². The molecule has 1 saturated heterocycles. The van der Waals surface area contributed by atoms with Gasteiger partial charge in [0.2, 0.25) is 0 Å². The highest BCUT2D eigenvalue weighted by Gasteiger charge is 2.58. The molecule has 2 unspecified atom stereocenters. The first-order valence-electron chi connectivity index (χ1n) is 14.4. The van der Waals surface area contributed by atoms with E-state index in [0.717, 1.165) is 82.9 Å². The average molecular weight is 533 g/mol. The van der Waals surface area contributed by atoms with E-state index in [1.54, 1.807) is 20.2 Å². The fourth-order valence-corrected chi connectivity index (χ4v) is 6.89. The maximum Gasteiger partial charge on any atom is 0.320 e. The van der Waals surface area contributed by atoms with Gasteiger partial charge < -0.3 is 30.0 Å². The molecule has 8 nitrogen and oxygen atoms in total. The maximum atomic E-state index is 13.2. The Labute approximate surface area is 228 Å². The molecular formula is C30H48N2O6. The van der Waals surface area contributed by atoms with Crippen LogP contribution in [0, 0.1) is 10.8 Å². The Bertz CT molecular complexity index is 908. The lowest BCUT2D eigenvalue weighted by Crippen LogP contribution is -2.59. The van der Waals surface area contributed by atoms with Gasteiger partial charge in [0, 0.05) is 17.8 Å². The fraction of sp³-hybridized carbons (Fsp3) is 0.733. The van der Waals surface area contributed by atoms with Crippen molar-refractivity contribution < 1.29 is 28.9 Å². The lowest BCUT2D eigenvalue weighted by atomic mass is 9.58. The maximum absolute atomic E-state index is 13.2. The molecular weight excluding hydrogens is 484 g/mol. The highest BCUT2D eigenvalue weighted by atomic mass is 16.6. The molecule has 0 spiro atoms. The van der Waals surface area contributed by atoms with Crippen molar-refractivity contribution >= 4 is 11.9 Å². The zero-order chi connectivity index (χ0) is 27.6. The second kappa shape index (κ2) is 14.2. The van der Waals surface area contributed by atoms with E-state index in [4.69, 9.17) is 14.2 Å². The molecule has 0 aromatic heterocycles. The van der Waals surface area contributed by atoms with Gasteiger partial charge >= 0.3 is 11.9 Å². The van der Waals surface area contributed by atoms with Crippen LogP contribution in [-0.4, -0.2) is 63.0 Å². The van der Waals surface area contributed by atoms with Gasteiger partial charge in [0.25, 0.3) is 0 Å². The van der Waals surface area contributed by atoms with E-state index in [1.807, 2.05) is 12.1 Å². The van der Waals surface area contributed by atoms with Crippen molar-refractivity contribution in [2.45, 2.75) is 96.7 Å². The van der Waals surface area contributed by atoms with Crippen LogP contribution in [-0.2, 0) is 25.5 Å². The summed E-state index contributed by atoms with van der Waals surface area (Å²) in [5.74, 6) is -0.0187. The first-order valence-corrected chi connectivity index (χ1v) is 14.4. The monoisotopic (exact) mass is 532 g/mol. The topological polar surface area (TPSA) is 106 Å². The number of likely N-dealkylation sites (N-methyl/N-ethyl adjacent to an activating group) is 1. The van der Waals surface area contributed by atoms with Gasteiger partial charge in [-0.1, -0.05) is 38.7 Å². The molecule has 0 amide bonds. The van der Waals surface area contributed by atoms with Crippen molar-refractivity contribution in [2.24, 2.45) is 10.8 Å². The summed E-state index contributed by atoms with van der Waals surface area (Å²) in [5.41, 5.74) is 0.227. The Kier molecular flexibility index (Phi) is 11.3. The van der Waals surface area contributed by atoms with Gasteiger partial charge in [-0.05, 0) is 82.8 Å². The van der Waals surface area contributed by atoms with Crippen LogP contribution in [0.4, 0.5) is 0 Å². The van der Waals surface area contributed by atoms with Crippen molar-refractivity contribution in [3.05, 3.63) is 23.8 Å². The molecule has 1 aromatic carbocycles. The van der Waals surface area contributed by atoms with Crippen molar-refractivity contribution in [3.63, 3.8) is 0 Å². The number of nitrogens with one attached hydrogen (secondary N) is 2. The third-order valence-electron chi connectivity index (χ3n) is 8.60. The number of methoxy groups -OCH3 is 1. The van der Waals surface area contributed by atoms with Gasteiger partial charge in [0.15, 0.2) is 11.5 Å². The van der Waals surface area contributed by atoms with E-state index in [1.165, 1.54) is 6.92 Å². The molecule has 214 valence electrons. The molecule has 1 heterocycles. The summed E-state index contributed by atoms with van der Waals surface area (Å²) in [6.45, 7) is 5.42. The van der Waals surface area contributed by atoms with Crippen LogP contribution in [0.15, 0.2) is 18.2 Å². The Morgan fingerprint density at radius 2 is 1.82 bits per heavy atom. The molecule has 1 aliphatic heterocycles. The number of carbonyl (C=O) groups excluding carboxylic acids is 2. The molecule has 2 atom stereocenters. The fourth-order valence-electron chi connectivity index (χ4n) is 6.89. The summed E-state index contributed by atoms with van der Waals surface area (Å²) in [7, 11) is 3.30. The molecule has 2 fully saturated rings. The van der Waals surface area contributed by atoms with Crippen LogP contribution in [0.25, 0.3) is 0 Å². The molecule has 3 N–H and O–H groups in total. The summed E-state index contributed by atoms with van der Waals surface area (Å²) in [5, 5.41) is 16.6. The van der Waals surface area contributed by atoms with Crippen molar-refractivity contribution in [1.29, 1.82) is 0 Å². The summed E-state index contributed by atoms with van der Waals surface area (Å²) in [6.07, 6.45) is 9.28. The van der Waals surface area contributed by atoms with Gasteiger partial charge in [-0.25, -0.2) is 0 Å². The molecule has 2 aliphatic rings. The van der Waals surface area contributed by atoms with E-state index >= 15 is 0 Å². The van der Waals surface area contributed by atoms with Gasteiger partial charge in [0.05, 0.1) is 13.7 Å². The number of ether oxygens (including phenoxy) is 3. The number of esters is 2. The highest BCUT2D eigenvalue weighted by molar-refractivity contribution is 5.72. The quantitative estimate of drug-likeness (QED) is 0.237. The van der Waals surface area contributed by atoms with Crippen LogP contribution in [0.3, 0.4) is 0 Å². The summed E-state index contributed by atoms with van der Waals surface area (Å²) in [4.78, 5) is 25.6. The third-order valence-corrected chi connectivity index (χ3v) is 8.60. The number of aromatic hydroxyl groups is 1.